The van der Waals surface area contributed by atoms with Crippen molar-refractivity contribution in [2.75, 3.05) is 32.8 Å². The predicted octanol–water partition coefficient (Wildman–Crippen LogP) is 4.18. The quantitative estimate of drug-likeness (QED) is 0.400. The summed E-state index contributed by atoms with van der Waals surface area (Å²) >= 11 is 0. The van der Waals surface area contributed by atoms with E-state index in [0.29, 0.717) is 19.1 Å². The maximum atomic E-state index is 13.8. The van der Waals surface area contributed by atoms with Gasteiger partial charge in [0, 0.05) is 38.6 Å². The molecule has 3 heterocycles. The molecule has 3 saturated heterocycles. The molecule has 6 rings (SSSR count). The molecule has 1 N–H and O–H groups in total. The van der Waals surface area contributed by atoms with Gasteiger partial charge in [0.1, 0.15) is 18.7 Å². The van der Waals surface area contributed by atoms with Gasteiger partial charge in [-0.15, -0.1) is 0 Å². The van der Waals surface area contributed by atoms with Crippen LogP contribution in [0, 0.1) is 0 Å². The number of amides is 3. The average molecular weight is 615 g/mol. The van der Waals surface area contributed by atoms with Crippen molar-refractivity contribution >= 4 is 30.0 Å². The molecule has 3 unspecified atom stereocenters. The summed E-state index contributed by atoms with van der Waals surface area (Å²) in [7, 11) is 0. The van der Waals surface area contributed by atoms with Gasteiger partial charge in [-0.3, -0.25) is 19.4 Å². The summed E-state index contributed by atoms with van der Waals surface area (Å²) in [6, 6.07) is 16.2. The number of piperazine rings is 1. The molecule has 1 saturated carbocycles. The third kappa shape index (κ3) is 6.61. The van der Waals surface area contributed by atoms with Crippen LogP contribution in [0.4, 0.5) is 4.79 Å². The average Bonchev–Trinajstić information content (AvgIpc) is 3.45. The standard InChI is InChI=1S/C35H42N4O6/c40-31(37-22-20-36(21-23-37)27-14-8-3-9-15-27)19-18-29(34(42)43)38-28(17-16-25-10-4-1-5-11-25)32(33(38)41)39-30(24-45-35(39)44)26-12-6-2-7-13-26/h1-2,4-7,10-13,16-17,27-30,32H,3,8-9,14-15,18-24H2,(H,42,43)/t28?,29?,30-,32?/m1/s1. The van der Waals surface area contributed by atoms with E-state index in [0.717, 1.165) is 24.2 Å². The lowest BCUT2D eigenvalue weighted by Gasteiger charge is -2.51. The minimum Gasteiger partial charge on any atom is -0.480 e. The maximum Gasteiger partial charge on any atom is 0.411 e. The Morgan fingerprint density at radius 2 is 1.58 bits per heavy atom. The summed E-state index contributed by atoms with van der Waals surface area (Å²) in [6.45, 7) is 3.06. The van der Waals surface area contributed by atoms with Crippen LogP contribution >= 0.6 is 0 Å². The van der Waals surface area contributed by atoms with Gasteiger partial charge in [0.05, 0.1) is 12.1 Å². The highest BCUT2D eigenvalue weighted by atomic mass is 16.6. The highest BCUT2D eigenvalue weighted by Gasteiger charge is 2.58. The van der Waals surface area contributed by atoms with Crippen molar-refractivity contribution in [2.45, 2.75) is 75.2 Å². The molecular weight excluding hydrogens is 572 g/mol. The number of hydrogen-bond donors (Lipinski definition) is 1. The third-order valence-corrected chi connectivity index (χ3v) is 9.84. The minimum atomic E-state index is -1.21. The number of carboxylic acids is 1. The molecule has 4 fully saturated rings. The Balaban J connectivity index is 1.17. The second-order valence-electron chi connectivity index (χ2n) is 12.5. The van der Waals surface area contributed by atoms with Crippen LogP contribution < -0.4 is 0 Å². The molecule has 10 heteroatoms. The number of hydrogen-bond acceptors (Lipinski definition) is 6. The summed E-state index contributed by atoms with van der Waals surface area (Å²) in [5, 5.41) is 10.3. The second-order valence-corrected chi connectivity index (χ2v) is 12.5. The summed E-state index contributed by atoms with van der Waals surface area (Å²) < 4.78 is 5.41. The Bertz CT molecular complexity index is 1390. The smallest absolute Gasteiger partial charge is 0.411 e. The Kier molecular flexibility index (Phi) is 9.49. The van der Waals surface area contributed by atoms with Gasteiger partial charge in [-0.25, -0.2) is 9.59 Å². The van der Waals surface area contributed by atoms with Crippen LogP contribution in [0.1, 0.15) is 62.1 Å². The Labute approximate surface area is 264 Å². The molecule has 4 aliphatic rings. The molecule has 10 nitrogen and oxygen atoms in total. The van der Waals surface area contributed by atoms with Crippen LogP contribution in [0.3, 0.4) is 0 Å². The van der Waals surface area contributed by atoms with E-state index >= 15 is 0 Å². The van der Waals surface area contributed by atoms with E-state index < -0.39 is 42.1 Å². The Morgan fingerprint density at radius 1 is 0.911 bits per heavy atom. The first-order valence-corrected chi connectivity index (χ1v) is 16.2. The summed E-state index contributed by atoms with van der Waals surface area (Å²) in [5.41, 5.74) is 1.72. The first-order chi connectivity index (χ1) is 21.9. The normalized spacial score (nSPS) is 25.3. The van der Waals surface area contributed by atoms with Gasteiger partial charge in [0.25, 0.3) is 0 Å². The largest absolute Gasteiger partial charge is 0.480 e. The number of nitrogens with zero attached hydrogens (tertiary/aromatic N) is 4. The molecule has 2 aromatic rings. The monoisotopic (exact) mass is 614 g/mol. The lowest BCUT2D eigenvalue weighted by atomic mass is 9.87. The lowest BCUT2D eigenvalue weighted by Crippen LogP contribution is -2.73. The number of carbonyl (C=O) groups excluding carboxylic acids is 3. The van der Waals surface area contributed by atoms with E-state index in [-0.39, 0.29) is 25.4 Å². The highest BCUT2D eigenvalue weighted by Crippen LogP contribution is 2.39. The number of benzene rings is 2. The zero-order chi connectivity index (χ0) is 31.3. The van der Waals surface area contributed by atoms with Crippen molar-refractivity contribution in [3.8, 4) is 0 Å². The number of carboxylic acid groups (broad SMARTS) is 1. The van der Waals surface area contributed by atoms with Gasteiger partial charge in [-0.2, -0.15) is 0 Å². The maximum absolute atomic E-state index is 13.8. The molecule has 3 aliphatic heterocycles. The molecule has 0 spiro atoms. The van der Waals surface area contributed by atoms with E-state index in [1.165, 1.54) is 41.9 Å². The van der Waals surface area contributed by atoms with Crippen molar-refractivity contribution in [3.05, 3.63) is 77.9 Å². The van der Waals surface area contributed by atoms with E-state index in [9.17, 15) is 24.3 Å². The van der Waals surface area contributed by atoms with Gasteiger partial charge in [-0.1, -0.05) is 92.1 Å². The SMILES string of the molecule is O=C(O)C(CCC(=O)N1CCN(C2CCCCC2)CC1)N1C(=O)C(N2C(=O)OC[C@@H]2c2ccccc2)C1C=Cc1ccccc1. The molecule has 0 radical (unpaired) electrons. The Hall–Kier alpha value is -4.18. The lowest BCUT2D eigenvalue weighted by molar-refractivity contribution is -0.168. The van der Waals surface area contributed by atoms with Crippen molar-refractivity contribution in [1.29, 1.82) is 0 Å². The minimum absolute atomic E-state index is 0.00228. The summed E-state index contributed by atoms with van der Waals surface area (Å²) in [4.78, 5) is 59.9. The number of ether oxygens (including phenoxy) is 1. The van der Waals surface area contributed by atoms with Gasteiger partial charge >= 0.3 is 12.1 Å². The fourth-order valence-electron chi connectivity index (χ4n) is 7.39. The molecule has 0 bridgehead atoms. The molecular formula is C35H42N4O6. The number of aliphatic carboxylic acids is 1. The van der Waals surface area contributed by atoms with Gasteiger partial charge in [0.2, 0.25) is 11.8 Å². The first kappa shape index (κ1) is 30.8. The highest BCUT2D eigenvalue weighted by molar-refractivity contribution is 5.97. The van der Waals surface area contributed by atoms with Crippen molar-refractivity contribution in [3.63, 3.8) is 0 Å². The number of likely N-dealkylation sites (tertiary alicyclic amines) is 1. The van der Waals surface area contributed by atoms with E-state index in [2.05, 4.69) is 4.90 Å². The van der Waals surface area contributed by atoms with Gasteiger partial charge < -0.3 is 19.6 Å². The number of cyclic esters (lactones) is 1. The number of β-lactam (4-membered cyclic amide) rings is 1. The zero-order valence-electron chi connectivity index (χ0n) is 25.6. The molecule has 1 aliphatic carbocycles. The fraction of sp³-hybridized carbons (Fsp3) is 0.486. The molecule has 45 heavy (non-hydrogen) atoms. The molecule has 4 atom stereocenters. The molecule has 2 aromatic carbocycles. The topological polar surface area (TPSA) is 111 Å². The molecule has 0 aromatic heterocycles. The summed E-state index contributed by atoms with van der Waals surface area (Å²) in [5.74, 6) is -1.71. The van der Waals surface area contributed by atoms with Crippen LogP contribution in [0.15, 0.2) is 66.7 Å². The summed E-state index contributed by atoms with van der Waals surface area (Å²) in [6.07, 6.45) is 9.34. The molecule has 238 valence electrons. The number of rotatable bonds is 10. The van der Waals surface area contributed by atoms with E-state index in [1.807, 2.05) is 71.6 Å². The third-order valence-electron chi connectivity index (χ3n) is 9.84. The van der Waals surface area contributed by atoms with Gasteiger partial charge in [-0.05, 0) is 30.4 Å². The van der Waals surface area contributed by atoms with Crippen molar-refractivity contribution in [2.24, 2.45) is 0 Å². The second kappa shape index (κ2) is 13.9. The Morgan fingerprint density at radius 3 is 2.24 bits per heavy atom. The van der Waals surface area contributed by atoms with Gasteiger partial charge in [0.15, 0.2) is 0 Å². The number of carbonyl (C=O) groups is 4. The first-order valence-electron chi connectivity index (χ1n) is 16.2. The van der Waals surface area contributed by atoms with Crippen LogP contribution in [-0.4, -0.2) is 106 Å². The predicted molar refractivity (Wildman–Crippen MR) is 168 cm³/mol. The fourth-order valence-corrected chi connectivity index (χ4v) is 7.39. The van der Waals surface area contributed by atoms with Crippen molar-refractivity contribution in [1.82, 2.24) is 19.6 Å². The van der Waals surface area contributed by atoms with Crippen LogP contribution in [0.25, 0.3) is 6.08 Å². The van der Waals surface area contributed by atoms with Crippen LogP contribution in [0.2, 0.25) is 0 Å². The van der Waals surface area contributed by atoms with Crippen LogP contribution in [0.5, 0.6) is 0 Å². The zero-order valence-corrected chi connectivity index (χ0v) is 25.6. The van der Waals surface area contributed by atoms with Crippen LogP contribution in [-0.2, 0) is 19.1 Å². The van der Waals surface area contributed by atoms with E-state index in [4.69, 9.17) is 4.74 Å². The molecule has 3 amide bonds. The van der Waals surface area contributed by atoms with Crippen molar-refractivity contribution < 1.29 is 29.0 Å². The van der Waals surface area contributed by atoms with E-state index in [1.54, 1.807) is 6.08 Å².